The van der Waals surface area contributed by atoms with Crippen LogP contribution in [0.1, 0.15) is 23.2 Å². The van der Waals surface area contributed by atoms with E-state index in [0.29, 0.717) is 17.1 Å². The van der Waals surface area contributed by atoms with E-state index >= 15 is 0 Å². The maximum absolute atomic E-state index is 11.8. The van der Waals surface area contributed by atoms with Crippen molar-refractivity contribution in [3.8, 4) is 17.6 Å². The molecule has 0 N–H and O–H groups in total. The van der Waals surface area contributed by atoms with Gasteiger partial charge in [-0.15, -0.1) is 0 Å². The van der Waals surface area contributed by atoms with Gasteiger partial charge in [0.05, 0.1) is 25.9 Å². The topological polar surface area (TPSA) is 59.3 Å². The lowest BCUT2D eigenvalue weighted by atomic mass is 10.1. The van der Waals surface area contributed by atoms with Crippen LogP contribution in [-0.2, 0) is 0 Å². The number of benzene rings is 1. The Morgan fingerprint density at radius 1 is 1.38 bits per heavy atom. The molecule has 0 aliphatic carbocycles. The fraction of sp³-hybridized carbons (Fsp3) is 0.333. The van der Waals surface area contributed by atoms with E-state index in [1.165, 1.54) is 14.2 Å². The average molecular weight is 219 g/mol. The first-order valence-corrected chi connectivity index (χ1v) is 4.85. The fourth-order valence-electron chi connectivity index (χ4n) is 1.41. The summed E-state index contributed by atoms with van der Waals surface area (Å²) in [6, 6.07) is 7.05. The zero-order valence-corrected chi connectivity index (χ0v) is 9.32. The van der Waals surface area contributed by atoms with E-state index < -0.39 is 0 Å². The van der Waals surface area contributed by atoms with Crippen molar-refractivity contribution in [1.82, 2.24) is 0 Å². The van der Waals surface area contributed by atoms with Crippen molar-refractivity contribution in [1.29, 1.82) is 5.26 Å². The van der Waals surface area contributed by atoms with Gasteiger partial charge in [-0.1, -0.05) is 6.07 Å². The smallest absolute Gasteiger partial charge is 0.171 e. The summed E-state index contributed by atoms with van der Waals surface area (Å²) in [5, 5.41) is 8.43. The zero-order chi connectivity index (χ0) is 12.0. The van der Waals surface area contributed by atoms with Gasteiger partial charge in [0.15, 0.2) is 17.3 Å². The number of ketones is 1. The molecule has 4 nitrogen and oxygen atoms in total. The highest BCUT2D eigenvalue weighted by atomic mass is 16.5. The van der Waals surface area contributed by atoms with Crippen molar-refractivity contribution in [2.45, 2.75) is 12.8 Å². The third-order valence-corrected chi connectivity index (χ3v) is 2.17. The molecule has 0 heterocycles. The fourth-order valence-corrected chi connectivity index (χ4v) is 1.41. The van der Waals surface area contributed by atoms with Crippen LogP contribution < -0.4 is 9.47 Å². The lowest BCUT2D eigenvalue weighted by Gasteiger charge is -2.10. The molecular formula is C12H13NO3. The Morgan fingerprint density at radius 2 is 2.12 bits per heavy atom. The van der Waals surface area contributed by atoms with Crippen molar-refractivity contribution < 1.29 is 14.3 Å². The molecule has 0 aromatic heterocycles. The molecule has 4 heteroatoms. The molecule has 16 heavy (non-hydrogen) atoms. The molecule has 0 atom stereocenters. The molecule has 0 radical (unpaired) electrons. The lowest BCUT2D eigenvalue weighted by molar-refractivity contribution is 0.0980. The minimum Gasteiger partial charge on any atom is -0.493 e. The predicted molar refractivity (Wildman–Crippen MR) is 58.7 cm³/mol. The van der Waals surface area contributed by atoms with Crippen molar-refractivity contribution in [3.05, 3.63) is 23.8 Å². The van der Waals surface area contributed by atoms with Gasteiger partial charge in [-0.05, 0) is 12.1 Å². The molecule has 0 aliphatic heterocycles. The van der Waals surface area contributed by atoms with Crippen LogP contribution in [0.2, 0.25) is 0 Å². The standard InChI is InChI=1S/C12H13NO3/c1-15-11-7-3-5-9(12(11)16-2)10(14)6-4-8-13/h3,5,7H,4,6H2,1-2H3. The van der Waals surface area contributed by atoms with Crippen LogP contribution in [0.25, 0.3) is 0 Å². The minimum absolute atomic E-state index is 0.114. The van der Waals surface area contributed by atoms with Crippen LogP contribution >= 0.6 is 0 Å². The Bertz CT molecular complexity index is 421. The van der Waals surface area contributed by atoms with Crippen LogP contribution in [0.15, 0.2) is 18.2 Å². The largest absolute Gasteiger partial charge is 0.493 e. The van der Waals surface area contributed by atoms with Gasteiger partial charge in [-0.25, -0.2) is 0 Å². The number of nitrogens with zero attached hydrogens (tertiary/aromatic N) is 1. The normalized spacial score (nSPS) is 9.31. The summed E-state index contributed by atoms with van der Waals surface area (Å²) in [6.45, 7) is 0. The Kier molecular flexibility index (Phi) is 4.34. The minimum atomic E-state index is -0.114. The SMILES string of the molecule is COc1cccc(C(=O)CCC#N)c1OC. The average Bonchev–Trinajstić information content (AvgIpc) is 2.34. The summed E-state index contributed by atoms with van der Waals surface area (Å²) in [4.78, 5) is 11.8. The van der Waals surface area contributed by atoms with Gasteiger partial charge in [0, 0.05) is 12.8 Å². The monoisotopic (exact) mass is 219 g/mol. The first kappa shape index (κ1) is 12.1. The molecule has 0 unspecified atom stereocenters. The number of ether oxygens (including phenoxy) is 2. The van der Waals surface area contributed by atoms with E-state index in [4.69, 9.17) is 14.7 Å². The predicted octanol–water partition coefficient (Wildman–Crippen LogP) is 2.19. The number of carbonyl (C=O) groups is 1. The molecular weight excluding hydrogens is 206 g/mol. The number of para-hydroxylation sites is 1. The summed E-state index contributed by atoms with van der Waals surface area (Å²) < 4.78 is 10.2. The molecule has 1 aromatic carbocycles. The molecule has 1 rings (SSSR count). The molecule has 84 valence electrons. The van der Waals surface area contributed by atoms with Crippen molar-refractivity contribution in [2.75, 3.05) is 14.2 Å². The second-order valence-electron chi connectivity index (χ2n) is 3.12. The van der Waals surface area contributed by atoms with E-state index in [1.807, 2.05) is 6.07 Å². The highest BCUT2D eigenvalue weighted by Gasteiger charge is 2.15. The zero-order valence-electron chi connectivity index (χ0n) is 9.32. The lowest BCUT2D eigenvalue weighted by Crippen LogP contribution is -2.03. The van der Waals surface area contributed by atoms with Crippen LogP contribution in [0.4, 0.5) is 0 Å². The summed E-state index contributed by atoms with van der Waals surface area (Å²) >= 11 is 0. The number of methoxy groups -OCH3 is 2. The molecule has 0 bridgehead atoms. The third kappa shape index (κ3) is 2.51. The van der Waals surface area contributed by atoms with Crippen molar-refractivity contribution in [3.63, 3.8) is 0 Å². The molecule has 0 aliphatic rings. The Hall–Kier alpha value is -2.02. The second-order valence-corrected chi connectivity index (χ2v) is 3.12. The summed E-state index contributed by atoms with van der Waals surface area (Å²) in [6.07, 6.45) is 0.402. The van der Waals surface area contributed by atoms with Gasteiger partial charge in [-0.2, -0.15) is 5.26 Å². The van der Waals surface area contributed by atoms with Gasteiger partial charge in [-0.3, -0.25) is 4.79 Å². The number of hydrogen-bond donors (Lipinski definition) is 0. The van der Waals surface area contributed by atoms with Crippen molar-refractivity contribution in [2.24, 2.45) is 0 Å². The first-order valence-electron chi connectivity index (χ1n) is 4.85. The first-order chi connectivity index (χ1) is 7.74. The second kappa shape index (κ2) is 5.76. The maximum atomic E-state index is 11.8. The number of hydrogen-bond acceptors (Lipinski definition) is 4. The number of rotatable bonds is 5. The van der Waals surface area contributed by atoms with E-state index in [1.54, 1.807) is 18.2 Å². The molecule has 0 spiro atoms. The maximum Gasteiger partial charge on any atom is 0.171 e. The summed E-state index contributed by atoms with van der Waals surface area (Å²) in [7, 11) is 3.00. The van der Waals surface area contributed by atoms with E-state index in [-0.39, 0.29) is 18.6 Å². The van der Waals surface area contributed by atoms with E-state index in [0.717, 1.165) is 0 Å². The third-order valence-electron chi connectivity index (χ3n) is 2.17. The van der Waals surface area contributed by atoms with Crippen LogP contribution in [-0.4, -0.2) is 20.0 Å². The number of Topliss-reactive ketones (excluding diaryl/α,β-unsaturated/α-hetero) is 1. The molecule has 0 fully saturated rings. The summed E-state index contributed by atoms with van der Waals surface area (Å²) in [5.74, 6) is 0.829. The number of nitriles is 1. The number of carbonyl (C=O) groups excluding carboxylic acids is 1. The van der Waals surface area contributed by atoms with Gasteiger partial charge in [0.1, 0.15) is 0 Å². The van der Waals surface area contributed by atoms with Gasteiger partial charge < -0.3 is 9.47 Å². The van der Waals surface area contributed by atoms with E-state index in [9.17, 15) is 4.79 Å². The molecule has 0 amide bonds. The van der Waals surface area contributed by atoms with Crippen molar-refractivity contribution >= 4 is 5.78 Å². The van der Waals surface area contributed by atoms with Crippen LogP contribution in [0, 0.1) is 11.3 Å². The summed E-state index contributed by atoms with van der Waals surface area (Å²) in [5.41, 5.74) is 0.456. The molecule has 0 saturated carbocycles. The Morgan fingerprint density at radius 3 is 2.69 bits per heavy atom. The van der Waals surface area contributed by atoms with Gasteiger partial charge >= 0.3 is 0 Å². The van der Waals surface area contributed by atoms with Crippen LogP contribution in [0.3, 0.4) is 0 Å². The molecule has 0 saturated heterocycles. The van der Waals surface area contributed by atoms with Gasteiger partial charge in [0.2, 0.25) is 0 Å². The van der Waals surface area contributed by atoms with Gasteiger partial charge in [0.25, 0.3) is 0 Å². The van der Waals surface area contributed by atoms with Crippen LogP contribution in [0.5, 0.6) is 11.5 Å². The molecule has 1 aromatic rings. The Labute approximate surface area is 94.4 Å². The quantitative estimate of drug-likeness (QED) is 0.712. The highest BCUT2D eigenvalue weighted by molar-refractivity contribution is 5.99. The highest BCUT2D eigenvalue weighted by Crippen LogP contribution is 2.31. The van der Waals surface area contributed by atoms with E-state index in [2.05, 4.69) is 0 Å². The Balaban J connectivity index is 3.04.